The molecule has 2 aliphatic heterocycles. The minimum atomic E-state index is -0.0290. The van der Waals surface area contributed by atoms with Crippen molar-refractivity contribution in [3.8, 4) is 0 Å². The highest BCUT2D eigenvalue weighted by Crippen LogP contribution is 2.57. The first-order valence-corrected chi connectivity index (χ1v) is 30.9. The van der Waals surface area contributed by atoms with E-state index in [0.29, 0.717) is 0 Å². The second kappa shape index (κ2) is 17.0. The molecule has 8 aromatic carbocycles. The predicted octanol–water partition coefficient (Wildman–Crippen LogP) is 19.7. The molecule has 15 rings (SSSR count). The van der Waals surface area contributed by atoms with Crippen LogP contribution in [0.3, 0.4) is 0 Å². The molecule has 406 valence electrons. The van der Waals surface area contributed by atoms with Crippen LogP contribution in [0.2, 0.25) is 0 Å². The second-order valence-corrected chi connectivity index (χ2v) is 30.1. The Morgan fingerprint density at radius 2 is 0.963 bits per heavy atom. The maximum atomic E-state index is 6.72. The van der Waals surface area contributed by atoms with Crippen molar-refractivity contribution in [3.05, 3.63) is 191 Å². The smallest absolute Gasteiger partial charge is 0.264 e. The monoisotopic (exact) mass is 1080 g/mol. The fourth-order valence-electron chi connectivity index (χ4n) is 15.5. The summed E-state index contributed by atoms with van der Waals surface area (Å²) in [5.41, 5.74) is 25.7. The summed E-state index contributed by atoms with van der Waals surface area (Å²) in [5, 5.41) is 3.61. The average Bonchev–Trinajstić information content (AvgIpc) is 3.10. The molecule has 6 heteroatoms. The molecule has 2 aromatic heterocycles. The fourth-order valence-corrected chi connectivity index (χ4v) is 16.9. The fraction of sp³-hybridized carbons (Fsp3) is 0.333. The van der Waals surface area contributed by atoms with Crippen LogP contribution in [0.25, 0.3) is 32.0 Å². The number of benzene rings is 8. The van der Waals surface area contributed by atoms with E-state index in [1.165, 1.54) is 112 Å². The lowest BCUT2D eigenvalue weighted by Gasteiger charge is -2.48. The van der Waals surface area contributed by atoms with E-state index in [9.17, 15) is 0 Å². The van der Waals surface area contributed by atoms with E-state index in [0.717, 1.165) is 64.7 Å². The number of furan rings is 1. The van der Waals surface area contributed by atoms with Gasteiger partial charge in [0.15, 0.2) is 0 Å². The van der Waals surface area contributed by atoms with Crippen molar-refractivity contribution in [2.45, 2.75) is 161 Å². The van der Waals surface area contributed by atoms with Crippen molar-refractivity contribution in [1.82, 2.24) is 0 Å². The number of thiophene rings is 1. The summed E-state index contributed by atoms with van der Waals surface area (Å²) in [4.78, 5) is 7.91. The van der Waals surface area contributed by atoms with E-state index >= 15 is 0 Å². The van der Waals surface area contributed by atoms with Gasteiger partial charge in [0.2, 0.25) is 0 Å². The lowest BCUT2D eigenvalue weighted by molar-refractivity contribution is 0.332. The summed E-state index contributed by atoms with van der Waals surface area (Å²) < 4.78 is 9.53. The van der Waals surface area contributed by atoms with Crippen molar-refractivity contribution in [1.29, 1.82) is 0 Å². The molecule has 0 atom stereocenters. The van der Waals surface area contributed by atoms with Gasteiger partial charge >= 0.3 is 0 Å². The Kier molecular flexibility index (Phi) is 10.7. The summed E-state index contributed by atoms with van der Waals surface area (Å²) in [6.07, 6.45) is 6.97. The summed E-state index contributed by atoms with van der Waals surface area (Å²) in [6.45, 7) is 32.0. The summed E-state index contributed by atoms with van der Waals surface area (Å²) >= 11 is 2.06. The highest BCUT2D eigenvalue weighted by molar-refractivity contribution is 7.33. The Labute approximate surface area is 484 Å². The van der Waals surface area contributed by atoms with Crippen molar-refractivity contribution < 1.29 is 4.42 Å². The quantitative estimate of drug-likeness (QED) is 0.160. The highest BCUT2D eigenvalue weighted by atomic mass is 32.1. The minimum Gasteiger partial charge on any atom is -0.456 e. The number of nitrogens with zero attached hydrogens (tertiary/aromatic N) is 3. The van der Waals surface area contributed by atoms with Gasteiger partial charge in [0, 0.05) is 71.5 Å². The SMILES string of the molecule is Cc1ccc(N2c3cc(N(c4ccccc4)c4ccc5c(c4)oc4ccccc45)cc4c3B(c3cc5c(cc3N4c3ccc4c(c3)C(C)(C)CCC4(C)C)C(C)(C)CCC5(C)C)c3sc4cc5c(cc4c32)C(C)(C)CCC5(C)C)cc1. The van der Waals surface area contributed by atoms with E-state index < -0.39 is 0 Å². The van der Waals surface area contributed by atoms with Crippen molar-refractivity contribution in [3.63, 3.8) is 0 Å². The van der Waals surface area contributed by atoms with Gasteiger partial charge in [-0.05, 0) is 207 Å². The number of fused-ring (bicyclic) bond motifs is 12. The van der Waals surface area contributed by atoms with Crippen molar-refractivity contribution in [2.24, 2.45) is 0 Å². The van der Waals surface area contributed by atoms with Crippen molar-refractivity contribution >= 4 is 117 Å². The normalized spacial score (nSPS) is 19.1. The molecular formula is C75H76BN3OS. The van der Waals surface area contributed by atoms with Gasteiger partial charge in [-0.25, -0.2) is 0 Å². The third-order valence-electron chi connectivity index (χ3n) is 20.9. The first-order chi connectivity index (χ1) is 38.5. The van der Waals surface area contributed by atoms with Crippen LogP contribution < -0.4 is 30.4 Å². The van der Waals surface area contributed by atoms with Crippen molar-refractivity contribution in [2.75, 3.05) is 14.7 Å². The van der Waals surface area contributed by atoms with E-state index in [1.54, 1.807) is 0 Å². The van der Waals surface area contributed by atoms with Crippen LogP contribution >= 0.6 is 11.3 Å². The summed E-state index contributed by atoms with van der Waals surface area (Å²) in [5.74, 6) is 0. The zero-order chi connectivity index (χ0) is 56.1. The van der Waals surface area contributed by atoms with Gasteiger partial charge in [-0.15, -0.1) is 11.3 Å². The number of para-hydroxylation sites is 2. The standard InChI is InChI=1S/C75H76BN3OS/c1-45-23-25-47(26-24-45)79-63-39-50(77(46-19-15-14-16-20-46)49-27-29-52-51-21-17-18-22-64(51)80-65(52)40-49)38-62-67(63)76(69-68(79)53-41-56-59(44-66(53)81-69)75(12,13)36-33-72(56,6)7)60-42-57-58(74(10,11)35-34-73(57,8)9)43-61(60)78(62)48-28-30-54-55(37-48)71(4,5)32-31-70(54,2)3/h14-30,37-44H,31-36H2,1-13H3. The van der Waals surface area contributed by atoms with E-state index in [2.05, 4.69) is 268 Å². The van der Waals surface area contributed by atoms with Gasteiger partial charge in [-0.3, -0.25) is 0 Å². The Bertz CT molecular complexity index is 4280. The van der Waals surface area contributed by atoms with Crippen LogP contribution in [-0.4, -0.2) is 6.71 Å². The van der Waals surface area contributed by atoms with Gasteiger partial charge in [0.1, 0.15) is 11.2 Å². The van der Waals surface area contributed by atoms with E-state index in [4.69, 9.17) is 4.42 Å². The Morgan fingerprint density at radius 3 is 1.63 bits per heavy atom. The molecule has 0 saturated carbocycles. The molecule has 0 saturated heterocycles. The predicted molar refractivity (Wildman–Crippen MR) is 348 cm³/mol. The van der Waals surface area contributed by atoms with Gasteiger partial charge in [-0.2, -0.15) is 0 Å². The average molecular weight is 1080 g/mol. The molecule has 0 radical (unpaired) electrons. The molecule has 0 spiro atoms. The molecule has 81 heavy (non-hydrogen) atoms. The molecule has 0 amide bonds. The van der Waals surface area contributed by atoms with Crippen LogP contribution in [0.5, 0.6) is 0 Å². The molecule has 5 aliphatic rings. The topological polar surface area (TPSA) is 22.9 Å². The second-order valence-electron chi connectivity index (χ2n) is 29.0. The zero-order valence-electron chi connectivity index (χ0n) is 49.9. The van der Waals surface area contributed by atoms with Gasteiger partial charge in [0.05, 0.1) is 11.4 Å². The molecule has 10 aromatic rings. The number of rotatable bonds is 5. The molecular weight excluding hydrogens is 1000 g/mol. The zero-order valence-corrected chi connectivity index (χ0v) is 50.7. The summed E-state index contributed by atoms with van der Waals surface area (Å²) in [7, 11) is 0. The number of anilines is 9. The van der Waals surface area contributed by atoms with Crippen LogP contribution in [0.4, 0.5) is 51.2 Å². The van der Waals surface area contributed by atoms with E-state index in [1.807, 2.05) is 0 Å². The third-order valence-corrected chi connectivity index (χ3v) is 22.1. The molecule has 4 heterocycles. The number of aryl methyl sites for hydroxylation is 1. The molecule has 0 fully saturated rings. The Morgan fingerprint density at radius 1 is 0.420 bits per heavy atom. The maximum absolute atomic E-state index is 6.72. The largest absolute Gasteiger partial charge is 0.456 e. The van der Waals surface area contributed by atoms with Gasteiger partial charge in [-0.1, -0.05) is 149 Å². The summed E-state index contributed by atoms with van der Waals surface area (Å²) in [6, 6.07) is 59.1. The molecule has 4 nitrogen and oxygen atoms in total. The molecule has 0 bridgehead atoms. The van der Waals surface area contributed by atoms with Crippen LogP contribution in [-0.2, 0) is 32.5 Å². The van der Waals surface area contributed by atoms with E-state index in [-0.39, 0.29) is 39.2 Å². The number of hydrogen-bond donors (Lipinski definition) is 0. The molecule has 0 unspecified atom stereocenters. The lowest BCUT2D eigenvalue weighted by atomic mass is 9.35. The highest BCUT2D eigenvalue weighted by Gasteiger charge is 2.50. The van der Waals surface area contributed by atoms with Crippen LogP contribution in [0.1, 0.15) is 161 Å². The Hall–Kier alpha value is -7.02. The first kappa shape index (κ1) is 50.9. The van der Waals surface area contributed by atoms with Gasteiger partial charge < -0.3 is 19.1 Å². The van der Waals surface area contributed by atoms with Crippen LogP contribution in [0, 0.1) is 6.92 Å². The Balaban J connectivity index is 1.10. The first-order valence-electron chi connectivity index (χ1n) is 30.1. The molecule has 3 aliphatic carbocycles. The third kappa shape index (κ3) is 7.53. The van der Waals surface area contributed by atoms with Crippen LogP contribution in [0.15, 0.2) is 156 Å². The molecule has 0 N–H and O–H groups in total. The van der Waals surface area contributed by atoms with Gasteiger partial charge in [0.25, 0.3) is 6.71 Å². The maximum Gasteiger partial charge on any atom is 0.264 e. The lowest BCUT2D eigenvalue weighted by Crippen LogP contribution is -2.61. The number of hydrogen-bond acceptors (Lipinski definition) is 5. The minimum absolute atomic E-state index is 0.00360.